The van der Waals surface area contributed by atoms with Crippen molar-refractivity contribution in [3.63, 3.8) is 0 Å². The van der Waals surface area contributed by atoms with Gasteiger partial charge in [0, 0.05) is 24.2 Å². The van der Waals surface area contributed by atoms with Crippen LogP contribution in [0.3, 0.4) is 0 Å². The van der Waals surface area contributed by atoms with Crippen LogP contribution in [0, 0.1) is 0 Å². The van der Waals surface area contributed by atoms with Crippen molar-refractivity contribution >= 4 is 27.3 Å². The first-order valence-corrected chi connectivity index (χ1v) is 9.54. The molecule has 0 bridgehead atoms. The number of carbonyl (C=O) groups excluding carboxylic acids is 2. The first kappa shape index (κ1) is 16.0. The molecule has 2 aliphatic heterocycles. The van der Waals surface area contributed by atoms with Gasteiger partial charge in [0.05, 0.1) is 17.0 Å². The van der Waals surface area contributed by atoms with E-state index in [0.29, 0.717) is 24.9 Å². The van der Waals surface area contributed by atoms with E-state index in [-0.39, 0.29) is 23.3 Å². The molecule has 0 aromatic heterocycles. The molecule has 23 heavy (non-hydrogen) atoms. The van der Waals surface area contributed by atoms with Gasteiger partial charge >= 0.3 is 0 Å². The Morgan fingerprint density at radius 3 is 2.48 bits per heavy atom. The number of nitrogens with one attached hydrogen (secondary N) is 1. The van der Waals surface area contributed by atoms with Gasteiger partial charge in [0.25, 0.3) is 5.91 Å². The largest absolute Gasteiger partial charge is 0.346 e. The van der Waals surface area contributed by atoms with Gasteiger partial charge in [-0.05, 0) is 44.0 Å². The second-order valence-corrected chi connectivity index (χ2v) is 8.74. The Balaban J connectivity index is 1.70. The first-order valence-electron chi connectivity index (χ1n) is 7.71. The molecule has 1 atom stereocenters. The second kappa shape index (κ2) is 5.63. The van der Waals surface area contributed by atoms with Crippen LogP contribution in [-0.2, 0) is 14.6 Å². The van der Waals surface area contributed by atoms with Gasteiger partial charge in [0.15, 0.2) is 9.84 Å². The van der Waals surface area contributed by atoms with Crippen molar-refractivity contribution in [1.29, 1.82) is 0 Å². The zero-order valence-electron chi connectivity index (χ0n) is 13.0. The van der Waals surface area contributed by atoms with Crippen molar-refractivity contribution in [2.24, 2.45) is 0 Å². The number of anilines is 1. The number of nitrogens with zero attached hydrogens (tertiary/aromatic N) is 1. The van der Waals surface area contributed by atoms with Gasteiger partial charge in [-0.1, -0.05) is 0 Å². The molecule has 2 fully saturated rings. The molecule has 2 saturated heterocycles. The maximum Gasteiger partial charge on any atom is 0.251 e. The fraction of sp³-hybridized carbons (Fsp3) is 0.500. The molecule has 124 valence electrons. The van der Waals surface area contributed by atoms with Crippen molar-refractivity contribution in [2.45, 2.75) is 31.7 Å². The van der Waals surface area contributed by atoms with E-state index in [0.717, 1.165) is 12.1 Å². The highest BCUT2D eigenvalue weighted by molar-refractivity contribution is 7.91. The number of sulfone groups is 1. The third kappa shape index (κ3) is 3.39. The summed E-state index contributed by atoms with van der Waals surface area (Å²) < 4.78 is 23.2. The Morgan fingerprint density at radius 1 is 1.26 bits per heavy atom. The Bertz CT molecular complexity index is 742. The number of amides is 2. The summed E-state index contributed by atoms with van der Waals surface area (Å²) in [4.78, 5) is 25.8. The molecule has 6 nitrogen and oxygen atoms in total. The molecule has 3 rings (SSSR count). The van der Waals surface area contributed by atoms with Crippen molar-refractivity contribution in [3.8, 4) is 0 Å². The predicted octanol–water partition coefficient (Wildman–Crippen LogP) is 1.12. The van der Waals surface area contributed by atoms with Crippen LogP contribution in [0.1, 0.15) is 36.5 Å². The maximum absolute atomic E-state index is 12.3. The van der Waals surface area contributed by atoms with E-state index in [9.17, 15) is 18.0 Å². The summed E-state index contributed by atoms with van der Waals surface area (Å²) in [5, 5.41) is 2.83. The van der Waals surface area contributed by atoms with E-state index in [1.807, 2.05) is 0 Å². The molecule has 0 spiro atoms. The molecular formula is C16H20N2O4S. The van der Waals surface area contributed by atoms with Gasteiger partial charge in [-0.15, -0.1) is 0 Å². The van der Waals surface area contributed by atoms with Gasteiger partial charge < -0.3 is 10.2 Å². The summed E-state index contributed by atoms with van der Waals surface area (Å²) in [6, 6.07) is 6.85. The van der Waals surface area contributed by atoms with Crippen LogP contribution in [0.4, 0.5) is 5.69 Å². The van der Waals surface area contributed by atoms with Crippen LogP contribution in [0.15, 0.2) is 24.3 Å². The molecule has 0 aliphatic carbocycles. The van der Waals surface area contributed by atoms with Crippen molar-refractivity contribution in [3.05, 3.63) is 29.8 Å². The third-order valence-electron chi connectivity index (χ3n) is 4.43. The van der Waals surface area contributed by atoms with E-state index in [1.54, 1.807) is 36.1 Å². The highest BCUT2D eigenvalue weighted by Gasteiger charge is 2.39. The second-order valence-electron chi connectivity index (χ2n) is 6.55. The standard InChI is InChI=1S/C16H20N2O4S/c1-16(8-10-23(21,22)11-16)17-15(20)12-4-6-13(7-5-12)18-9-2-3-14(18)19/h4-7H,2-3,8-11H2,1H3,(H,17,20). The Morgan fingerprint density at radius 2 is 1.96 bits per heavy atom. The molecule has 1 unspecified atom stereocenters. The molecule has 0 radical (unpaired) electrons. The highest BCUT2D eigenvalue weighted by Crippen LogP contribution is 2.24. The van der Waals surface area contributed by atoms with E-state index in [2.05, 4.69) is 5.32 Å². The number of rotatable bonds is 3. The van der Waals surface area contributed by atoms with E-state index in [4.69, 9.17) is 0 Å². The minimum atomic E-state index is -3.06. The third-order valence-corrected chi connectivity index (χ3v) is 6.34. The van der Waals surface area contributed by atoms with E-state index >= 15 is 0 Å². The Hall–Kier alpha value is -1.89. The molecule has 1 N–H and O–H groups in total. The lowest BCUT2D eigenvalue weighted by Gasteiger charge is -2.24. The average molecular weight is 336 g/mol. The Labute approximate surface area is 135 Å². The number of carbonyl (C=O) groups is 2. The first-order chi connectivity index (χ1) is 10.8. The fourth-order valence-corrected chi connectivity index (χ4v) is 5.26. The molecular weight excluding hydrogens is 316 g/mol. The highest BCUT2D eigenvalue weighted by atomic mass is 32.2. The molecule has 2 amide bonds. The Kier molecular flexibility index (Phi) is 3.91. The molecule has 2 aliphatic rings. The van der Waals surface area contributed by atoms with E-state index in [1.165, 1.54) is 0 Å². The van der Waals surface area contributed by atoms with E-state index < -0.39 is 15.4 Å². The summed E-state index contributed by atoms with van der Waals surface area (Å²) in [5.41, 5.74) is 0.545. The van der Waals surface area contributed by atoms with Gasteiger partial charge in [0.2, 0.25) is 5.91 Å². The molecule has 0 saturated carbocycles. The zero-order chi connectivity index (χ0) is 16.7. The summed E-state index contributed by atoms with van der Waals surface area (Å²) in [5.74, 6) is -0.0962. The van der Waals surface area contributed by atoms with Crippen LogP contribution in [0.5, 0.6) is 0 Å². The van der Waals surface area contributed by atoms with Crippen molar-refractivity contribution in [1.82, 2.24) is 5.32 Å². The molecule has 1 aromatic carbocycles. The monoisotopic (exact) mass is 336 g/mol. The molecule has 2 heterocycles. The van der Waals surface area contributed by atoms with Gasteiger partial charge in [-0.25, -0.2) is 8.42 Å². The summed E-state index contributed by atoms with van der Waals surface area (Å²) in [6.07, 6.45) is 1.85. The lowest BCUT2D eigenvalue weighted by Crippen LogP contribution is -2.46. The predicted molar refractivity (Wildman–Crippen MR) is 87.2 cm³/mol. The molecule has 1 aromatic rings. The summed E-state index contributed by atoms with van der Waals surface area (Å²) >= 11 is 0. The smallest absolute Gasteiger partial charge is 0.251 e. The molecule has 7 heteroatoms. The number of hydrogen-bond donors (Lipinski definition) is 1. The van der Waals surface area contributed by atoms with Gasteiger partial charge in [-0.2, -0.15) is 0 Å². The zero-order valence-corrected chi connectivity index (χ0v) is 13.9. The van der Waals surface area contributed by atoms with Gasteiger partial charge in [0.1, 0.15) is 0 Å². The van der Waals surface area contributed by atoms with Crippen LogP contribution < -0.4 is 10.2 Å². The van der Waals surface area contributed by atoms with Crippen LogP contribution in [-0.4, -0.2) is 43.8 Å². The van der Waals surface area contributed by atoms with Crippen molar-refractivity contribution < 1.29 is 18.0 Å². The summed E-state index contributed by atoms with van der Waals surface area (Å²) in [6.45, 7) is 2.47. The van der Waals surface area contributed by atoms with Gasteiger partial charge in [-0.3, -0.25) is 9.59 Å². The fourth-order valence-electron chi connectivity index (χ4n) is 3.17. The minimum Gasteiger partial charge on any atom is -0.346 e. The maximum atomic E-state index is 12.3. The lowest BCUT2D eigenvalue weighted by molar-refractivity contribution is -0.117. The quantitative estimate of drug-likeness (QED) is 0.896. The topological polar surface area (TPSA) is 83.6 Å². The number of benzene rings is 1. The minimum absolute atomic E-state index is 0.0217. The van der Waals surface area contributed by atoms with Crippen molar-refractivity contribution in [2.75, 3.05) is 23.0 Å². The lowest BCUT2D eigenvalue weighted by atomic mass is 10.0. The normalized spacial score (nSPS) is 26.5. The average Bonchev–Trinajstić information content (AvgIpc) is 3.02. The van der Waals surface area contributed by atoms with Crippen LogP contribution in [0.25, 0.3) is 0 Å². The SMILES string of the molecule is CC1(NC(=O)c2ccc(N3CCCC3=O)cc2)CCS(=O)(=O)C1. The number of hydrogen-bond acceptors (Lipinski definition) is 4. The van der Waals surface area contributed by atoms with Crippen LogP contribution >= 0.6 is 0 Å². The van der Waals surface area contributed by atoms with Crippen LogP contribution in [0.2, 0.25) is 0 Å². The summed E-state index contributed by atoms with van der Waals surface area (Å²) in [7, 11) is -3.06.